The van der Waals surface area contributed by atoms with Crippen molar-refractivity contribution in [3.8, 4) is 0 Å². The summed E-state index contributed by atoms with van der Waals surface area (Å²) in [4.78, 5) is 3.91. The normalized spacial score (nSPS) is 11.3. The average Bonchev–Trinajstić information content (AvgIpc) is 2.43. The van der Waals surface area contributed by atoms with Gasteiger partial charge in [0.1, 0.15) is 0 Å². The molecule has 8 heteroatoms. The number of benzene rings is 1. The van der Waals surface area contributed by atoms with Crippen LogP contribution in [-0.2, 0) is 16.6 Å². The molecule has 0 spiro atoms. The minimum atomic E-state index is -3.73. The minimum absolute atomic E-state index is 0.0541. The molecule has 1 aromatic carbocycles. The number of nitrogens with zero attached hydrogens (tertiary/aromatic N) is 1. The minimum Gasteiger partial charge on any atom is -0.326 e. The lowest BCUT2D eigenvalue weighted by Gasteiger charge is -2.10. The van der Waals surface area contributed by atoms with E-state index in [9.17, 15) is 8.42 Å². The van der Waals surface area contributed by atoms with Crippen LogP contribution >= 0.6 is 31.9 Å². The van der Waals surface area contributed by atoms with Gasteiger partial charge in [-0.05, 0) is 45.8 Å². The maximum atomic E-state index is 12.2. The van der Waals surface area contributed by atoms with Crippen molar-refractivity contribution in [2.75, 3.05) is 4.72 Å². The number of hydrogen-bond acceptors (Lipinski definition) is 4. The van der Waals surface area contributed by atoms with Crippen LogP contribution in [0.5, 0.6) is 0 Å². The molecule has 3 N–H and O–H groups in total. The molecule has 1 heterocycles. The summed E-state index contributed by atoms with van der Waals surface area (Å²) in [6.45, 7) is 0.317. The Hall–Kier alpha value is -0.960. The van der Waals surface area contributed by atoms with E-state index in [2.05, 4.69) is 41.6 Å². The van der Waals surface area contributed by atoms with Crippen LogP contribution in [0.15, 0.2) is 50.5 Å². The van der Waals surface area contributed by atoms with Crippen LogP contribution in [0.1, 0.15) is 5.56 Å². The lowest BCUT2D eigenvalue weighted by molar-refractivity contribution is 0.597. The smallest absolute Gasteiger partial charge is 0.279 e. The largest absolute Gasteiger partial charge is 0.326 e. The van der Waals surface area contributed by atoms with Crippen molar-refractivity contribution in [1.82, 2.24) is 4.98 Å². The van der Waals surface area contributed by atoms with Gasteiger partial charge in [-0.3, -0.25) is 4.72 Å². The van der Waals surface area contributed by atoms with Gasteiger partial charge >= 0.3 is 0 Å². The highest BCUT2D eigenvalue weighted by atomic mass is 79.9. The zero-order chi connectivity index (χ0) is 14.8. The van der Waals surface area contributed by atoms with Gasteiger partial charge < -0.3 is 5.73 Å². The Balaban J connectivity index is 2.32. The number of anilines is 1. The van der Waals surface area contributed by atoms with Crippen molar-refractivity contribution in [2.45, 2.75) is 11.6 Å². The molecule has 0 aliphatic heterocycles. The molecule has 0 atom stereocenters. The molecule has 2 rings (SSSR count). The van der Waals surface area contributed by atoms with E-state index in [1.54, 1.807) is 24.3 Å². The highest BCUT2D eigenvalue weighted by Gasteiger charge is 2.17. The standard InChI is InChI=1S/C12H11Br2N3O2S/c13-9-2-3-10(14)11(5-9)17-20(18,19)12-4-1-8(6-15)7-16-12/h1-5,7,17H,6,15H2. The van der Waals surface area contributed by atoms with E-state index in [0.717, 1.165) is 10.0 Å². The first-order valence-corrected chi connectivity index (χ1v) is 8.62. The van der Waals surface area contributed by atoms with Gasteiger partial charge in [-0.25, -0.2) is 4.98 Å². The molecule has 0 unspecified atom stereocenters. The van der Waals surface area contributed by atoms with Gasteiger partial charge in [0, 0.05) is 21.7 Å². The molecule has 0 saturated carbocycles. The summed E-state index contributed by atoms with van der Waals surface area (Å²) in [5.41, 5.74) is 6.66. The average molecular weight is 421 g/mol. The predicted octanol–water partition coefficient (Wildman–Crippen LogP) is 2.87. The van der Waals surface area contributed by atoms with E-state index in [-0.39, 0.29) is 5.03 Å². The fraction of sp³-hybridized carbons (Fsp3) is 0.0833. The van der Waals surface area contributed by atoms with Crippen molar-refractivity contribution in [2.24, 2.45) is 5.73 Å². The van der Waals surface area contributed by atoms with Crippen molar-refractivity contribution in [3.05, 3.63) is 51.0 Å². The Morgan fingerprint density at radius 1 is 1.20 bits per heavy atom. The predicted molar refractivity (Wildman–Crippen MR) is 84.8 cm³/mol. The number of hydrogen-bond donors (Lipinski definition) is 2. The van der Waals surface area contributed by atoms with Crippen LogP contribution in [0.25, 0.3) is 0 Å². The third kappa shape index (κ3) is 3.57. The molecule has 2 aromatic rings. The fourth-order valence-corrected chi connectivity index (χ4v) is 3.30. The lowest BCUT2D eigenvalue weighted by Crippen LogP contribution is -2.15. The fourth-order valence-electron chi connectivity index (χ4n) is 1.46. The molecule has 106 valence electrons. The number of nitrogens with one attached hydrogen (secondary N) is 1. The maximum Gasteiger partial charge on any atom is 0.279 e. The SMILES string of the molecule is NCc1ccc(S(=O)(=O)Nc2cc(Br)ccc2Br)nc1. The van der Waals surface area contributed by atoms with Crippen LogP contribution in [0, 0.1) is 0 Å². The van der Waals surface area contributed by atoms with E-state index in [0.29, 0.717) is 16.7 Å². The molecule has 0 aliphatic carbocycles. The van der Waals surface area contributed by atoms with Gasteiger partial charge in [0.25, 0.3) is 10.0 Å². The van der Waals surface area contributed by atoms with Gasteiger partial charge in [0.2, 0.25) is 0 Å². The Kier molecular flexibility index (Phi) is 4.79. The first kappa shape index (κ1) is 15.4. The lowest BCUT2D eigenvalue weighted by atomic mass is 10.3. The van der Waals surface area contributed by atoms with Crippen LogP contribution in [-0.4, -0.2) is 13.4 Å². The van der Waals surface area contributed by atoms with Crippen LogP contribution in [0.4, 0.5) is 5.69 Å². The molecular formula is C12H11Br2N3O2S. The van der Waals surface area contributed by atoms with E-state index >= 15 is 0 Å². The molecule has 0 aliphatic rings. The second-order valence-electron chi connectivity index (χ2n) is 3.94. The summed E-state index contributed by atoms with van der Waals surface area (Å²) < 4.78 is 28.3. The zero-order valence-corrected chi connectivity index (χ0v) is 14.2. The number of aromatic nitrogens is 1. The van der Waals surface area contributed by atoms with Gasteiger partial charge in [-0.2, -0.15) is 8.42 Å². The molecule has 20 heavy (non-hydrogen) atoms. The number of pyridine rings is 1. The quantitative estimate of drug-likeness (QED) is 0.796. The van der Waals surface area contributed by atoms with Crippen molar-refractivity contribution < 1.29 is 8.42 Å². The van der Waals surface area contributed by atoms with Gasteiger partial charge in [-0.15, -0.1) is 0 Å². The first-order chi connectivity index (χ1) is 9.42. The van der Waals surface area contributed by atoms with Crippen LogP contribution in [0.2, 0.25) is 0 Å². The highest BCUT2D eigenvalue weighted by Crippen LogP contribution is 2.28. The molecule has 0 fully saturated rings. The Morgan fingerprint density at radius 2 is 1.95 bits per heavy atom. The molecule has 1 aromatic heterocycles. The number of rotatable bonds is 4. The monoisotopic (exact) mass is 419 g/mol. The first-order valence-electron chi connectivity index (χ1n) is 5.55. The van der Waals surface area contributed by atoms with Crippen LogP contribution < -0.4 is 10.5 Å². The Labute approximate surface area is 133 Å². The topological polar surface area (TPSA) is 85.1 Å². The second-order valence-corrected chi connectivity index (χ2v) is 7.34. The maximum absolute atomic E-state index is 12.2. The van der Waals surface area contributed by atoms with Gasteiger partial charge in [0.05, 0.1) is 5.69 Å². The number of sulfonamides is 1. The molecular weight excluding hydrogens is 410 g/mol. The van der Waals surface area contributed by atoms with E-state index in [4.69, 9.17) is 5.73 Å². The van der Waals surface area contributed by atoms with Crippen LogP contribution in [0.3, 0.4) is 0 Å². The molecule has 0 bridgehead atoms. The molecule has 0 amide bonds. The van der Waals surface area contributed by atoms with E-state index in [1.165, 1.54) is 12.3 Å². The number of halogens is 2. The Bertz CT molecular complexity index is 718. The summed E-state index contributed by atoms with van der Waals surface area (Å²) in [6, 6.07) is 8.27. The third-order valence-electron chi connectivity index (χ3n) is 2.48. The Morgan fingerprint density at radius 3 is 2.55 bits per heavy atom. The summed E-state index contributed by atoms with van der Waals surface area (Å²) in [7, 11) is -3.73. The second kappa shape index (κ2) is 6.21. The zero-order valence-electron chi connectivity index (χ0n) is 10.2. The van der Waals surface area contributed by atoms with Crippen molar-refractivity contribution in [3.63, 3.8) is 0 Å². The molecule has 0 radical (unpaired) electrons. The summed E-state index contributed by atoms with van der Waals surface area (Å²) in [5, 5.41) is -0.0541. The summed E-state index contributed by atoms with van der Waals surface area (Å²) in [5.74, 6) is 0. The van der Waals surface area contributed by atoms with Crippen molar-refractivity contribution >= 4 is 47.6 Å². The van der Waals surface area contributed by atoms with Gasteiger partial charge in [-0.1, -0.05) is 22.0 Å². The highest BCUT2D eigenvalue weighted by molar-refractivity contribution is 9.11. The number of nitrogens with two attached hydrogens (primary N) is 1. The molecule has 0 saturated heterocycles. The summed E-state index contributed by atoms with van der Waals surface area (Å²) in [6.07, 6.45) is 1.45. The van der Waals surface area contributed by atoms with Gasteiger partial charge in [0.15, 0.2) is 5.03 Å². The molecule has 5 nitrogen and oxygen atoms in total. The third-order valence-corrected chi connectivity index (χ3v) is 4.95. The van der Waals surface area contributed by atoms with E-state index in [1.807, 2.05) is 0 Å². The van der Waals surface area contributed by atoms with Crippen molar-refractivity contribution in [1.29, 1.82) is 0 Å². The summed E-state index contributed by atoms with van der Waals surface area (Å²) >= 11 is 6.59. The van der Waals surface area contributed by atoms with E-state index < -0.39 is 10.0 Å².